The molecule has 28 heavy (non-hydrogen) atoms. The number of aromatic nitrogens is 3. The van der Waals surface area contributed by atoms with Gasteiger partial charge in [-0.15, -0.1) is 0 Å². The molecule has 3 heterocycles. The summed E-state index contributed by atoms with van der Waals surface area (Å²) in [6.45, 7) is 10.3. The van der Waals surface area contributed by atoms with Crippen molar-refractivity contribution in [2.75, 3.05) is 70.6 Å². The minimum absolute atomic E-state index is 0.732. The normalized spacial score (nSPS) is 15.3. The van der Waals surface area contributed by atoms with Crippen LogP contribution in [0.15, 0.2) is 18.3 Å². The van der Waals surface area contributed by atoms with Crippen LogP contribution in [-0.4, -0.2) is 85.2 Å². The topological polar surface area (TPSA) is 60.4 Å². The minimum atomic E-state index is 0.732. The second kappa shape index (κ2) is 9.30. The van der Waals surface area contributed by atoms with E-state index in [1.54, 1.807) is 0 Å². The highest BCUT2D eigenvalue weighted by Gasteiger charge is 2.16. The molecule has 0 aromatic carbocycles. The standard InChI is InChI=1S/C21H33N7/c1-16-17(2)24-21(25-20(16)22-9-6-10-26(3)4)18-7-8-19(23-15-18)28-13-11-27(5)12-14-28/h7-8,15H,6,9-14H2,1-5H3,(H,22,24,25). The van der Waals surface area contributed by atoms with Crippen molar-refractivity contribution in [2.24, 2.45) is 0 Å². The zero-order valence-corrected chi connectivity index (χ0v) is 17.9. The van der Waals surface area contributed by atoms with Crippen molar-refractivity contribution in [1.29, 1.82) is 0 Å². The number of nitrogens with zero attached hydrogens (tertiary/aromatic N) is 6. The van der Waals surface area contributed by atoms with E-state index in [9.17, 15) is 0 Å². The number of hydrogen-bond donors (Lipinski definition) is 1. The Hall–Kier alpha value is -2.25. The van der Waals surface area contributed by atoms with Gasteiger partial charge in [-0.1, -0.05) is 0 Å². The van der Waals surface area contributed by atoms with E-state index in [0.29, 0.717) is 0 Å². The first kappa shape index (κ1) is 20.5. The van der Waals surface area contributed by atoms with Crippen LogP contribution in [0.2, 0.25) is 0 Å². The fourth-order valence-corrected chi connectivity index (χ4v) is 3.27. The number of rotatable bonds is 7. The maximum absolute atomic E-state index is 4.78. The van der Waals surface area contributed by atoms with Crippen LogP contribution in [0.25, 0.3) is 11.4 Å². The molecule has 7 heteroatoms. The van der Waals surface area contributed by atoms with Gasteiger partial charge in [0, 0.05) is 55.7 Å². The van der Waals surface area contributed by atoms with Gasteiger partial charge >= 0.3 is 0 Å². The molecule has 7 nitrogen and oxygen atoms in total. The third-order valence-electron chi connectivity index (χ3n) is 5.30. The highest BCUT2D eigenvalue weighted by Crippen LogP contribution is 2.23. The Morgan fingerprint density at radius 2 is 1.82 bits per heavy atom. The SMILES string of the molecule is Cc1nc(-c2ccc(N3CCN(C)CC3)nc2)nc(NCCCN(C)C)c1C. The Labute approximate surface area is 168 Å². The van der Waals surface area contributed by atoms with Crippen LogP contribution in [-0.2, 0) is 0 Å². The maximum atomic E-state index is 4.78. The van der Waals surface area contributed by atoms with Gasteiger partial charge < -0.3 is 20.0 Å². The summed E-state index contributed by atoms with van der Waals surface area (Å²) in [6, 6.07) is 4.17. The van der Waals surface area contributed by atoms with Crippen LogP contribution in [0.5, 0.6) is 0 Å². The molecule has 0 aliphatic carbocycles. The van der Waals surface area contributed by atoms with Crippen LogP contribution in [0.1, 0.15) is 17.7 Å². The molecule has 0 unspecified atom stereocenters. The predicted molar refractivity (Wildman–Crippen MR) is 116 cm³/mol. The average molecular weight is 384 g/mol. The average Bonchev–Trinajstić information content (AvgIpc) is 2.69. The molecule has 0 radical (unpaired) electrons. The number of pyridine rings is 1. The monoisotopic (exact) mass is 383 g/mol. The number of piperazine rings is 1. The molecule has 1 aliphatic heterocycles. The van der Waals surface area contributed by atoms with Crippen molar-refractivity contribution < 1.29 is 0 Å². The molecule has 1 fully saturated rings. The molecular weight excluding hydrogens is 350 g/mol. The van der Waals surface area contributed by atoms with E-state index in [1.165, 1.54) is 0 Å². The van der Waals surface area contributed by atoms with Gasteiger partial charge in [0.2, 0.25) is 0 Å². The Morgan fingerprint density at radius 3 is 2.46 bits per heavy atom. The van der Waals surface area contributed by atoms with Gasteiger partial charge in [0.05, 0.1) is 0 Å². The van der Waals surface area contributed by atoms with E-state index in [2.05, 4.69) is 65.2 Å². The smallest absolute Gasteiger partial charge is 0.163 e. The first-order chi connectivity index (χ1) is 13.4. The number of nitrogens with one attached hydrogen (secondary N) is 1. The van der Waals surface area contributed by atoms with Crippen molar-refractivity contribution in [2.45, 2.75) is 20.3 Å². The van der Waals surface area contributed by atoms with E-state index in [4.69, 9.17) is 9.97 Å². The maximum Gasteiger partial charge on any atom is 0.163 e. The van der Waals surface area contributed by atoms with Crippen molar-refractivity contribution in [3.05, 3.63) is 29.6 Å². The van der Waals surface area contributed by atoms with Crippen LogP contribution in [0, 0.1) is 13.8 Å². The lowest BCUT2D eigenvalue weighted by Gasteiger charge is -2.33. The van der Waals surface area contributed by atoms with E-state index >= 15 is 0 Å². The highest BCUT2D eigenvalue weighted by molar-refractivity contribution is 5.60. The Balaban J connectivity index is 1.72. The Morgan fingerprint density at radius 1 is 1.07 bits per heavy atom. The summed E-state index contributed by atoms with van der Waals surface area (Å²) in [5.74, 6) is 2.68. The van der Waals surface area contributed by atoms with Gasteiger partial charge in [0.1, 0.15) is 11.6 Å². The molecular formula is C21H33N7. The third kappa shape index (κ3) is 5.17. The summed E-state index contributed by atoms with van der Waals surface area (Å²) in [5, 5.41) is 3.48. The van der Waals surface area contributed by atoms with Gasteiger partial charge in [-0.05, 0) is 60.1 Å². The van der Waals surface area contributed by atoms with Crippen molar-refractivity contribution in [1.82, 2.24) is 24.8 Å². The summed E-state index contributed by atoms with van der Waals surface area (Å²) >= 11 is 0. The highest BCUT2D eigenvalue weighted by atomic mass is 15.3. The van der Waals surface area contributed by atoms with Crippen molar-refractivity contribution in [3.63, 3.8) is 0 Å². The van der Waals surface area contributed by atoms with E-state index in [0.717, 1.165) is 80.0 Å². The summed E-state index contributed by atoms with van der Waals surface area (Å²) in [6.07, 6.45) is 2.97. The largest absolute Gasteiger partial charge is 0.370 e. The molecule has 0 bridgehead atoms. The van der Waals surface area contributed by atoms with Crippen LogP contribution in [0.3, 0.4) is 0 Å². The summed E-state index contributed by atoms with van der Waals surface area (Å²) in [4.78, 5) is 21.0. The first-order valence-electron chi connectivity index (χ1n) is 10.1. The molecule has 2 aromatic heterocycles. The Bertz CT molecular complexity index is 765. The van der Waals surface area contributed by atoms with Crippen molar-refractivity contribution >= 4 is 11.6 Å². The third-order valence-corrected chi connectivity index (χ3v) is 5.30. The summed E-state index contributed by atoms with van der Waals surface area (Å²) < 4.78 is 0. The fourth-order valence-electron chi connectivity index (χ4n) is 3.27. The van der Waals surface area contributed by atoms with Gasteiger partial charge in [-0.3, -0.25) is 0 Å². The second-order valence-corrected chi connectivity index (χ2v) is 7.89. The van der Waals surface area contributed by atoms with E-state index in [-0.39, 0.29) is 0 Å². The molecule has 0 spiro atoms. The van der Waals surface area contributed by atoms with Crippen LogP contribution < -0.4 is 10.2 Å². The molecule has 0 atom stereocenters. The Kier molecular flexibility index (Phi) is 6.80. The van der Waals surface area contributed by atoms with Crippen molar-refractivity contribution in [3.8, 4) is 11.4 Å². The molecule has 0 saturated carbocycles. The molecule has 3 rings (SSSR count). The second-order valence-electron chi connectivity index (χ2n) is 7.89. The number of aryl methyl sites for hydroxylation is 1. The zero-order valence-electron chi connectivity index (χ0n) is 17.9. The first-order valence-corrected chi connectivity index (χ1v) is 10.1. The molecule has 1 saturated heterocycles. The lowest BCUT2D eigenvalue weighted by atomic mass is 10.2. The van der Waals surface area contributed by atoms with Gasteiger partial charge in [0.15, 0.2) is 5.82 Å². The number of anilines is 2. The molecule has 1 N–H and O–H groups in total. The van der Waals surface area contributed by atoms with E-state index in [1.807, 2.05) is 13.1 Å². The van der Waals surface area contributed by atoms with Gasteiger partial charge in [0.25, 0.3) is 0 Å². The molecule has 0 amide bonds. The summed E-state index contributed by atoms with van der Waals surface area (Å²) in [7, 11) is 6.35. The lowest BCUT2D eigenvalue weighted by molar-refractivity contribution is 0.312. The summed E-state index contributed by atoms with van der Waals surface area (Å²) in [5.41, 5.74) is 3.07. The predicted octanol–water partition coefficient (Wildman–Crippen LogP) is 2.27. The van der Waals surface area contributed by atoms with Gasteiger partial charge in [-0.2, -0.15) is 0 Å². The minimum Gasteiger partial charge on any atom is -0.370 e. The zero-order chi connectivity index (χ0) is 20.1. The lowest BCUT2D eigenvalue weighted by Crippen LogP contribution is -2.44. The fraction of sp³-hybridized carbons (Fsp3) is 0.571. The molecule has 1 aliphatic rings. The number of hydrogen-bond acceptors (Lipinski definition) is 7. The van der Waals surface area contributed by atoms with Crippen LogP contribution in [0.4, 0.5) is 11.6 Å². The molecule has 2 aromatic rings. The molecule has 152 valence electrons. The van der Waals surface area contributed by atoms with Crippen LogP contribution >= 0.6 is 0 Å². The quantitative estimate of drug-likeness (QED) is 0.736. The number of likely N-dealkylation sites (N-methyl/N-ethyl adjacent to an activating group) is 1. The van der Waals surface area contributed by atoms with Gasteiger partial charge in [-0.25, -0.2) is 15.0 Å². The van der Waals surface area contributed by atoms with E-state index < -0.39 is 0 Å².